The second kappa shape index (κ2) is 10.0. The van der Waals surface area contributed by atoms with Crippen LogP contribution in [0.5, 0.6) is 5.75 Å². The lowest BCUT2D eigenvalue weighted by molar-refractivity contribution is -0.116. The van der Waals surface area contributed by atoms with Crippen molar-refractivity contribution in [2.24, 2.45) is 0 Å². The van der Waals surface area contributed by atoms with Crippen LogP contribution in [0, 0.1) is 6.92 Å². The number of hydrogen-bond donors (Lipinski definition) is 1. The zero-order valence-electron chi connectivity index (χ0n) is 17.4. The molecule has 0 saturated heterocycles. The van der Waals surface area contributed by atoms with Crippen molar-refractivity contribution < 1.29 is 9.53 Å². The van der Waals surface area contributed by atoms with E-state index >= 15 is 0 Å². The third-order valence-electron chi connectivity index (χ3n) is 4.94. The van der Waals surface area contributed by atoms with Gasteiger partial charge in [-0.05, 0) is 36.1 Å². The maximum absolute atomic E-state index is 12.2. The number of carbonyl (C=O) groups is 1. The van der Waals surface area contributed by atoms with E-state index in [1.807, 2.05) is 54.8 Å². The molecule has 1 amide bonds. The van der Waals surface area contributed by atoms with Gasteiger partial charge in [-0.25, -0.2) is 4.98 Å². The van der Waals surface area contributed by atoms with Crippen molar-refractivity contribution in [2.75, 3.05) is 11.9 Å². The Labute approximate surface area is 186 Å². The van der Waals surface area contributed by atoms with Gasteiger partial charge in [0.25, 0.3) is 0 Å². The van der Waals surface area contributed by atoms with Crippen LogP contribution in [-0.4, -0.2) is 17.5 Å². The number of nitrogens with one attached hydrogen (secondary N) is 1. The summed E-state index contributed by atoms with van der Waals surface area (Å²) in [5.41, 5.74) is 5.35. The highest BCUT2D eigenvalue weighted by Gasteiger charge is 2.09. The van der Waals surface area contributed by atoms with Gasteiger partial charge in [-0.3, -0.25) is 4.79 Å². The van der Waals surface area contributed by atoms with E-state index < -0.39 is 0 Å². The van der Waals surface area contributed by atoms with E-state index in [9.17, 15) is 4.79 Å². The average Bonchev–Trinajstić information content (AvgIpc) is 3.27. The molecule has 1 heterocycles. The topological polar surface area (TPSA) is 51.2 Å². The third kappa shape index (κ3) is 5.58. The highest BCUT2D eigenvalue weighted by Crippen LogP contribution is 2.27. The Bertz CT molecular complexity index is 1140. The minimum Gasteiger partial charge on any atom is -0.493 e. The third-order valence-corrected chi connectivity index (χ3v) is 5.70. The summed E-state index contributed by atoms with van der Waals surface area (Å²) in [6.45, 7) is 2.52. The predicted octanol–water partition coefficient (Wildman–Crippen LogP) is 6.58. The Morgan fingerprint density at radius 2 is 1.58 bits per heavy atom. The molecule has 4 aromatic rings. The van der Waals surface area contributed by atoms with Gasteiger partial charge in [0.1, 0.15) is 5.75 Å². The fourth-order valence-electron chi connectivity index (χ4n) is 3.24. The number of ether oxygens (including phenoxy) is 1. The number of nitrogens with zero attached hydrogens (tertiary/aromatic N) is 1. The van der Waals surface area contributed by atoms with E-state index in [-0.39, 0.29) is 5.91 Å². The minimum atomic E-state index is -0.0475. The highest BCUT2D eigenvalue weighted by atomic mass is 32.1. The van der Waals surface area contributed by atoms with Gasteiger partial charge in [-0.1, -0.05) is 72.8 Å². The van der Waals surface area contributed by atoms with Crippen LogP contribution in [0.2, 0.25) is 0 Å². The quantitative estimate of drug-likeness (QED) is 0.322. The van der Waals surface area contributed by atoms with Crippen LogP contribution in [0.4, 0.5) is 5.13 Å². The second-order valence-electron chi connectivity index (χ2n) is 7.25. The molecule has 0 aliphatic carbocycles. The number of hydrogen-bond acceptors (Lipinski definition) is 4. The standard InChI is InChI=1S/C26H24N2O2S/c1-19-8-5-6-11-24(19)30-17-7-12-25(29)28-26-27-23(18-31-26)22-15-13-21(14-16-22)20-9-3-2-4-10-20/h2-6,8-11,13-16,18H,7,12,17H2,1H3,(H,27,28,29). The van der Waals surface area contributed by atoms with Crippen molar-refractivity contribution in [2.45, 2.75) is 19.8 Å². The van der Waals surface area contributed by atoms with Gasteiger partial charge in [0.05, 0.1) is 12.3 Å². The number of para-hydroxylation sites is 1. The molecule has 5 heteroatoms. The lowest BCUT2D eigenvalue weighted by atomic mass is 10.0. The van der Waals surface area contributed by atoms with Crippen LogP contribution in [0.15, 0.2) is 84.2 Å². The zero-order valence-corrected chi connectivity index (χ0v) is 18.2. The number of anilines is 1. The van der Waals surface area contributed by atoms with Crippen LogP contribution >= 0.6 is 11.3 Å². The summed E-state index contributed by atoms with van der Waals surface area (Å²) in [7, 11) is 0. The first-order valence-electron chi connectivity index (χ1n) is 10.3. The Balaban J connectivity index is 1.27. The van der Waals surface area contributed by atoms with Crippen molar-refractivity contribution in [3.63, 3.8) is 0 Å². The Kier molecular flexibility index (Phi) is 6.75. The average molecular weight is 429 g/mol. The van der Waals surface area contributed by atoms with Gasteiger partial charge in [-0.2, -0.15) is 0 Å². The molecular formula is C26H24N2O2S. The summed E-state index contributed by atoms with van der Waals surface area (Å²) in [5.74, 6) is 0.819. The van der Waals surface area contributed by atoms with Gasteiger partial charge in [0, 0.05) is 17.4 Å². The second-order valence-corrected chi connectivity index (χ2v) is 8.11. The van der Waals surface area contributed by atoms with Gasteiger partial charge in [0.2, 0.25) is 5.91 Å². The van der Waals surface area contributed by atoms with E-state index in [1.54, 1.807) is 0 Å². The molecule has 1 aromatic heterocycles. The molecule has 4 nitrogen and oxygen atoms in total. The number of aromatic nitrogens is 1. The predicted molar refractivity (Wildman–Crippen MR) is 128 cm³/mol. The number of thiazole rings is 1. The molecule has 0 atom stereocenters. The van der Waals surface area contributed by atoms with E-state index in [2.05, 4.69) is 46.7 Å². The number of aryl methyl sites for hydroxylation is 1. The first-order chi connectivity index (χ1) is 15.2. The molecule has 31 heavy (non-hydrogen) atoms. The Morgan fingerprint density at radius 1 is 0.903 bits per heavy atom. The summed E-state index contributed by atoms with van der Waals surface area (Å²) in [5, 5.41) is 5.48. The van der Waals surface area contributed by atoms with Crippen molar-refractivity contribution in [1.82, 2.24) is 4.98 Å². The molecule has 0 spiro atoms. The van der Waals surface area contributed by atoms with Crippen LogP contribution in [0.1, 0.15) is 18.4 Å². The van der Waals surface area contributed by atoms with Gasteiger partial charge in [0.15, 0.2) is 5.13 Å². The van der Waals surface area contributed by atoms with Crippen LogP contribution in [-0.2, 0) is 4.79 Å². The lowest BCUT2D eigenvalue weighted by Crippen LogP contribution is -2.12. The fourth-order valence-corrected chi connectivity index (χ4v) is 3.98. The zero-order chi connectivity index (χ0) is 21.5. The van der Waals surface area contributed by atoms with E-state index in [0.717, 1.165) is 22.6 Å². The van der Waals surface area contributed by atoms with Gasteiger partial charge in [-0.15, -0.1) is 11.3 Å². The summed E-state index contributed by atoms with van der Waals surface area (Å²) < 4.78 is 5.75. The Morgan fingerprint density at radius 3 is 2.35 bits per heavy atom. The normalized spacial score (nSPS) is 10.6. The monoisotopic (exact) mass is 428 g/mol. The molecule has 3 aromatic carbocycles. The lowest BCUT2D eigenvalue weighted by Gasteiger charge is -2.08. The number of carbonyl (C=O) groups excluding carboxylic acids is 1. The van der Waals surface area contributed by atoms with Gasteiger partial charge >= 0.3 is 0 Å². The summed E-state index contributed by atoms with van der Waals surface area (Å²) in [6.07, 6.45) is 1.05. The molecular weight excluding hydrogens is 404 g/mol. The first kappa shape index (κ1) is 20.8. The summed E-state index contributed by atoms with van der Waals surface area (Å²) in [4.78, 5) is 16.8. The fraction of sp³-hybridized carbons (Fsp3) is 0.154. The minimum absolute atomic E-state index is 0.0475. The summed E-state index contributed by atoms with van der Waals surface area (Å²) >= 11 is 1.44. The van der Waals surface area contributed by atoms with Crippen molar-refractivity contribution >= 4 is 22.4 Å². The highest BCUT2D eigenvalue weighted by molar-refractivity contribution is 7.14. The van der Waals surface area contributed by atoms with E-state index in [0.29, 0.717) is 24.6 Å². The van der Waals surface area contributed by atoms with Crippen molar-refractivity contribution in [3.8, 4) is 28.1 Å². The molecule has 156 valence electrons. The maximum Gasteiger partial charge on any atom is 0.226 e. The molecule has 0 radical (unpaired) electrons. The number of amides is 1. The molecule has 0 aliphatic rings. The smallest absolute Gasteiger partial charge is 0.226 e. The Hall–Kier alpha value is -3.44. The summed E-state index contributed by atoms with van der Waals surface area (Å²) in [6, 6.07) is 26.5. The van der Waals surface area contributed by atoms with E-state index in [1.165, 1.54) is 22.5 Å². The van der Waals surface area contributed by atoms with Crippen LogP contribution in [0.3, 0.4) is 0 Å². The number of benzene rings is 3. The van der Waals surface area contributed by atoms with Crippen LogP contribution < -0.4 is 10.1 Å². The molecule has 1 N–H and O–H groups in total. The molecule has 0 saturated carbocycles. The maximum atomic E-state index is 12.2. The largest absolute Gasteiger partial charge is 0.493 e. The van der Waals surface area contributed by atoms with Gasteiger partial charge < -0.3 is 10.1 Å². The van der Waals surface area contributed by atoms with E-state index in [4.69, 9.17) is 4.74 Å². The number of rotatable bonds is 8. The molecule has 0 fully saturated rings. The SMILES string of the molecule is Cc1ccccc1OCCCC(=O)Nc1nc(-c2ccc(-c3ccccc3)cc2)cs1. The molecule has 4 rings (SSSR count). The molecule has 0 aliphatic heterocycles. The van der Waals surface area contributed by atoms with Crippen LogP contribution in [0.25, 0.3) is 22.4 Å². The van der Waals surface area contributed by atoms with Crippen molar-refractivity contribution in [1.29, 1.82) is 0 Å². The van der Waals surface area contributed by atoms with Crippen molar-refractivity contribution in [3.05, 3.63) is 89.8 Å². The first-order valence-corrected chi connectivity index (χ1v) is 11.2. The molecule has 0 bridgehead atoms. The molecule has 0 unspecified atom stereocenters.